The van der Waals surface area contributed by atoms with E-state index in [1.807, 2.05) is 20.2 Å². The van der Waals surface area contributed by atoms with E-state index in [2.05, 4.69) is 15.6 Å². The third-order valence-corrected chi connectivity index (χ3v) is 4.31. The summed E-state index contributed by atoms with van der Waals surface area (Å²) in [5.41, 5.74) is 1.46. The summed E-state index contributed by atoms with van der Waals surface area (Å²) < 4.78 is 25.0. The Morgan fingerprint density at radius 3 is 2.88 bits per heavy atom. The van der Waals surface area contributed by atoms with Crippen molar-refractivity contribution in [1.82, 2.24) is 10.6 Å². The lowest BCUT2D eigenvalue weighted by Crippen LogP contribution is -2.37. The average Bonchev–Trinajstić information content (AvgIpc) is 3.13. The second-order valence-electron chi connectivity index (χ2n) is 6.69. The minimum atomic E-state index is -0.220. The van der Waals surface area contributed by atoms with Crippen molar-refractivity contribution >= 4 is 11.6 Å². The van der Waals surface area contributed by atoms with Gasteiger partial charge < -0.3 is 25.0 Å². The molecule has 0 amide bonds. The fourth-order valence-corrected chi connectivity index (χ4v) is 2.78. The molecule has 0 bridgehead atoms. The Kier molecular flexibility index (Phi) is 8.64. The van der Waals surface area contributed by atoms with E-state index in [4.69, 9.17) is 9.47 Å². The smallest absolute Gasteiger partial charge is 0.191 e. The highest BCUT2D eigenvalue weighted by molar-refractivity contribution is 5.79. The van der Waals surface area contributed by atoms with Crippen LogP contribution in [0.2, 0.25) is 0 Å². The highest BCUT2D eigenvalue weighted by atomic mass is 19.1. The molecule has 1 fully saturated rings. The standard InChI is InChI=1S/C19H31FN4O2/c1-21-19(22-8-4-9-25-13-16-7-10-26-14-16)23-12-15-5-6-18(24(2)3)17(20)11-15/h5-6,11,16H,4,7-10,12-14H2,1-3H3,(H2,21,22,23). The van der Waals surface area contributed by atoms with Crippen molar-refractivity contribution in [3.05, 3.63) is 29.6 Å². The van der Waals surface area contributed by atoms with E-state index in [1.165, 1.54) is 0 Å². The molecular formula is C19H31FN4O2. The molecule has 0 radical (unpaired) electrons. The number of nitrogens with one attached hydrogen (secondary N) is 2. The molecule has 1 atom stereocenters. The monoisotopic (exact) mass is 366 g/mol. The Hall–Kier alpha value is -1.86. The molecule has 2 rings (SSSR count). The number of ether oxygens (including phenoxy) is 2. The molecule has 7 heteroatoms. The first-order valence-corrected chi connectivity index (χ1v) is 9.16. The highest BCUT2D eigenvalue weighted by Gasteiger charge is 2.15. The van der Waals surface area contributed by atoms with Crippen LogP contribution in [0.5, 0.6) is 0 Å². The van der Waals surface area contributed by atoms with Gasteiger partial charge in [0.2, 0.25) is 0 Å². The van der Waals surface area contributed by atoms with Gasteiger partial charge in [-0.3, -0.25) is 4.99 Å². The van der Waals surface area contributed by atoms with Crippen molar-refractivity contribution in [2.75, 3.05) is 59.0 Å². The van der Waals surface area contributed by atoms with E-state index in [0.29, 0.717) is 24.1 Å². The van der Waals surface area contributed by atoms with Crippen molar-refractivity contribution in [1.29, 1.82) is 0 Å². The Balaban J connectivity index is 1.62. The fraction of sp³-hybridized carbons (Fsp3) is 0.632. The van der Waals surface area contributed by atoms with Crippen molar-refractivity contribution in [2.24, 2.45) is 10.9 Å². The van der Waals surface area contributed by atoms with Crippen molar-refractivity contribution in [3.8, 4) is 0 Å². The summed E-state index contributed by atoms with van der Waals surface area (Å²) in [6, 6.07) is 5.25. The summed E-state index contributed by atoms with van der Waals surface area (Å²) in [5, 5.41) is 6.44. The molecule has 26 heavy (non-hydrogen) atoms. The maximum absolute atomic E-state index is 14.0. The third-order valence-electron chi connectivity index (χ3n) is 4.31. The number of rotatable bonds is 9. The Morgan fingerprint density at radius 2 is 2.23 bits per heavy atom. The summed E-state index contributed by atoms with van der Waals surface area (Å²) in [7, 11) is 5.38. The van der Waals surface area contributed by atoms with E-state index in [9.17, 15) is 4.39 Å². The van der Waals surface area contributed by atoms with Crippen LogP contribution >= 0.6 is 0 Å². The summed E-state index contributed by atoms with van der Waals surface area (Å²) in [4.78, 5) is 5.95. The average molecular weight is 366 g/mol. The summed E-state index contributed by atoms with van der Waals surface area (Å²) in [6.07, 6.45) is 2.01. The number of aliphatic imine (C=N–C) groups is 1. The van der Waals surface area contributed by atoms with Crippen LogP contribution in [0.3, 0.4) is 0 Å². The first kappa shape index (κ1) is 20.5. The minimum absolute atomic E-state index is 0.220. The van der Waals surface area contributed by atoms with Gasteiger partial charge in [-0.15, -0.1) is 0 Å². The van der Waals surface area contributed by atoms with Gasteiger partial charge >= 0.3 is 0 Å². The van der Waals surface area contributed by atoms with Gasteiger partial charge in [0.1, 0.15) is 5.82 Å². The van der Waals surface area contributed by atoms with Gasteiger partial charge in [-0.05, 0) is 30.5 Å². The number of guanidine groups is 1. The molecule has 2 N–H and O–H groups in total. The second kappa shape index (κ2) is 11.0. The van der Waals surface area contributed by atoms with E-state index in [0.717, 1.165) is 51.4 Å². The molecule has 1 aliphatic rings. The molecular weight excluding hydrogens is 335 g/mol. The van der Waals surface area contributed by atoms with E-state index < -0.39 is 0 Å². The van der Waals surface area contributed by atoms with Gasteiger partial charge in [0, 0.05) is 53.4 Å². The Morgan fingerprint density at radius 1 is 1.38 bits per heavy atom. The van der Waals surface area contributed by atoms with Gasteiger partial charge in [-0.2, -0.15) is 0 Å². The van der Waals surface area contributed by atoms with E-state index in [1.54, 1.807) is 24.1 Å². The molecule has 6 nitrogen and oxygen atoms in total. The number of hydrogen-bond acceptors (Lipinski definition) is 4. The van der Waals surface area contributed by atoms with Gasteiger partial charge in [-0.25, -0.2) is 4.39 Å². The quantitative estimate of drug-likeness (QED) is 0.398. The zero-order valence-electron chi connectivity index (χ0n) is 16.1. The van der Waals surface area contributed by atoms with Crippen molar-refractivity contribution in [3.63, 3.8) is 0 Å². The third kappa shape index (κ3) is 6.80. The van der Waals surface area contributed by atoms with E-state index in [-0.39, 0.29) is 5.82 Å². The number of halogens is 1. The zero-order chi connectivity index (χ0) is 18.8. The van der Waals surface area contributed by atoms with Crippen LogP contribution in [0.1, 0.15) is 18.4 Å². The summed E-state index contributed by atoms with van der Waals surface area (Å²) in [5.74, 6) is 1.03. The molecule has 146 valence electrons. The highest BCUT2D eigenvalue weighted by Crippen LogP contribution is 2.18. The molecule has 1 aromatic rings. The molecule has 1 saturated heterocycles. The van der Waals surface area contributed by atoms with Gasteiger partial charge in [0.15, 0.2) is 5.96 Å². The lowest BCUT2D eigenvalue weighted by atomic mass is 10.1. The Labute approximate surface area is 155 Å². The van der Waals surface area contributed by atoms with Crippen LogP contribution in [0.4, 0.5) is 10.1 Å². The van der Waals surface area contributed by atoms with Crippen LogP contribution in [-0.2, 0) is 16.0 Å². The van der Waals surface area contributed by atoms with Crippen LogP contribution in [-0.4, -0.2) is 60.1 Å². The van der Waals surface area contributed by atoms with Gasteiger partial charge in [-0.1, -0.05) is 6.07 Å². The first-order chi connectivity index (χ1) is 12.6. The molecule has 1 heterocycles. The van der Waals surface area contributed by atoms with Crippen molar-refractivity contribution < 1.29 is 13.9 Å². The number of hydrogen-bond donors (Lipinski definition) is 2. The summed E-state index contributed by atoms with van der Waals surface area (Å²) in [6.45, 7) is 4.47. The van der Waals surface area contributed by atoms with Crippen LogP contribution in [0, 0.1) is 11.7 Å². The molecule has 1 aliphatic heterocycles. The van der Waals surface area contributed by atoms with Crippen LogP contribution in [0.15, 0.2) is 23.2 Å². The van der Waals surface area contributed by atoms with Gasteiger partial charge in [0.25, 0.3) is 0 Å². The molecule has 0 saturated carbocycles. The fourth-order valence-electron chi connectivity index (χ4n) is 2.78. The zero-order valence-corrected chi connectivity index (χ0v) is 16.1. The molecule has 0 aliphatic carbocycles. The van der Waals surface area contributed by atoms with Crippen LogP contribution in [0.25, 0.3) is 0 Å². The van der Waals surface area contributed by atoms with Crippen molar-refractivity contribution in [2.45, 2.75) is 19.4 Å². The normalized spacial score (nSPS) is 17.4. The molecule has 1 unspecified atom stereocenters. The number of benzene rings is 1. The molecule has 0 aromatic heterocycles. The maximum atomic E-state index is 14.0. The lowest BCUT2D eigenvalue weighted by Gasteiger charge is -2.15. The summed E-state index contributed by atoms with van der Waals surface area (Å²) >= 11 is 0. The van der Waals surface area contributed by atoms with Gasteiger partial charge in [0.05, 0.1) is 18.9 Å². The lowest BCUT2D eigenvalue weighted by molar-refractivity contribution is 0.0888. The SMILES string of the molecule is CN=C(NCCCOCC1CCOC1)NCc1ccc(N(C)C)c(F)c1. The largest absolute Gasteiger partial charge is 0.381 e. The predicted octanol–water partition coefficient (Wildman–Crippen LogP) is 2.00. The Bertz CT molecular complexity index is 575. The first-order valence-electron chi connectivity index (χ1n) is 9.16. The topological polar surface area (TPSA) is 58.1 Å². The number of nitrogens with zero attached hydrogens (tertiary/aromatic N) is 2. The second-order valence-corrected chi connectivity index (χ2v) is 6.69. The predicted molar refractivity (Wildman–Crippen MR) is 103 cm³/mol. The number of anilines is 1. The minimum Gasteiger partial charge on any atom is -0.381 e. The van der Waals surface area contributed by atoms with Crippen LogP contribution < -0.4 is 15.5 Å². The maximum Gasteiger partial charge on any atom is 0.191 e. The molecule has 1 aromatic carbocycles. The van der Waals surface area contributed by atoms with E-state index >= 15 is 0 Å². The molecule has 0 spiro atoms.